The Morgan fingerprint density at radius 2 is 0.652 bits per heavy atom. The summed E-state index contributed by atoms with van der Waals surface area (Å²) < 4.78 is 0. The summed E-state index contributed by atoms with van der Waals surface area (Å²) in [7, 11) is 0. The summed E-state index contributed by atoms with van der Waals surface area (Å²) in [6, 6.07) is 58.9. The first-order valence-electron chi connectivity index (χ1n) is 15.4. The molecule has 0 nitrogen and oxygen atoms in total. The van der Waals surface area contributed by atoms with Crippen molar-refractivity contribution in [2.45, 2.75) is 0 Å². The molecule has 0 amide bonds. The standard InChI is InChI=1S/C46H36/c1-33-15-8-9-17-34(2)42(24-14-16-33)46-36(4)19-11-10-18-35(3)45(43-22-12-13-23-44(43)46)41-31-29-40(30-32-41)39-27-25-38(26-28-39)37-20-6-5-7-21-37/h5-32H,1-4H2. The van der Waals surface area contributed by atoms with Gasteiger partial charge in [-0.1, -0.05) is 196 Å². The minimum Gasteiger partial charge on any atom is -0.0918 e. The lowest BCUT2D eigenvalue weighted by molar-refractivity contribution is 1.56. The minimum atomic E-state index is 0.900. The van der Waals surface area contributed by atoms with E-state index in [-0.39, 0.29) is 0 Å². The quantitative estimate of drug-likeness (QED) is 0.192. The van der Waals surface area contributed by atoms with Gasteiger partial charge in [0.1, 0.15) is 0 Å². The van der Waals surface area contributed by atoms with E-state index in [2.05, 4.69) is 142 Å². The summed E-state index contributed by atoms with van der Waals surface area (Å²) in [4.78, 5) is 0. The highest BCUT2D eigenvalue weighted by atomic mass is 14.1. The van der Waals surface area contributed by atoms with Crippen LogP contribution in [0.1, 0.15) is 0 Å². The van der Waals surface area contributed by atoms with Gasteiger partial charge in [-0.05, 0) is 76.2 Å². The monoisotopic (exact) mass is 588 g/mol. The first-order chi connectivity index (χ1) is 22.5. The van der Waals surface area contributed by atoms with E-state index in [9.17, 15) is 0 Å². The Bertz CT molecular complexity index is 2350. The number of benzene rings is 4. The second-order valence-corrected chi connectivity index (χ2v) is 11.3. The van der Waals surface area contributed by atoms with Crippen LogP contribution in [0, 0.1) is 0 Å². The molecule has 0 heteroatoms. The normalized spacial score (nSPS) is 10.5. The van der Waals surface area contributed by atoms with E-state index in [1.807, 2.05) is 54.6 Å². The average molecular weight is 589 g/mol. The van der Waals surface area contributed by atoms with Crippen molar-refractivity contribution in [2.75, 3.05) is 0 Å². The molecular formula is C46H36. The summed E-state index contributed by atoms with van der Waals surface area (Å²) >= 11 is 0. The fraction of sp³-hybridized carbons (Fsp3) is 0. The Kier molecular flexibility index (Phi) is 8.99. The summed E-state index contributed by atoms with van der Waals surface area (Å²) in [6.07, 6.45) is 0. The highest BCUT2D eigenvalue weighted by Gasteiger charge is 2.09. The molecule has 0 aromatic heterocycles. The van der Waals surface area contributed by atoms with Crippen molar-refractivity contribution < 1.29 is 0 Å². The van der Waals surface area contributed by atoms with Crippen LogP contribution in [0.5, 0.6) is 0 Å². The molecule has 6 rings (SSSR count). The molecule has 0 aliphatic carbocycles. The molecule has 6 aromatic rings. The van der Waals surface area contributed by atoms with E-state index >= 15 is 0 Å². The first kappa shape index (κ1) is 30.1. The van der Waals surface area contributed by atoms with E-state index in [0.29, 0.717) is 0 Å². The molecule has 0 spiro atoms. The zero-order chi connectivity index (χ0) is 31.9. The van der Waals surface area contributed by atoms with Gasteiger partial charge in [-0.25, -0.2) is 0 Å². The topological polar surface area (TPSA) is 0 Å². The smallest absolute Gasteiger partial charge is 0.00328 e. The molecule has 0 unspecified atom stereocenters. The van der Waals surface area contributed by atoms with E-state index in [4.69, 9.17) is 0 Å². The number of hydrogen-bond acceptors (Lipinski definition) is 0. The first-order valence-corrected chi connectivity index (χ1v) is 15.4. The van der Waals surface area contributed by atoms with Crippen molar-refractivity contribution in [3.05, 3.63) is 191 Å². The van der Waals surface area contributed by atoms with Gasteiger partial charge in [0.15, 0.2) is 0 Å². The van der Waals surface area contributed by atoms with Crippen molar-refractivity contribution in [3.63, 3.8) is 0 Å². The Labute approximate surface area is 271 Å². The lowest BCUT2D eigenvalue weighted by Crippen LogP contribution is -2.09. The van der Waals surface area contributed by atoms with Crippen LogP contribution in [-0.2, 0) is 0 Å². The van der Waals surface area contributed by atoms with Crippen molar-refractivity contribution in [2.24, 2.45) is 0 Å². The molecule has 0 aliphatic rings. The minimum absolute atomic E-state index is 0.900. The van der Waals surface area contributed by atoms with Crippen LogP contribution in [-0.4, -0.2) is 0 Å². The van der Waals surface area contributed by atoms with Gasteiger partial charge in [-0.2, -0.15) is 0 Å². The molecule has 0 N–H and O–H groups in total. The van der Waals surface area contributed by atoms with Crippen molar-refractivity contribution in [1.82, 2.24) is 0 Å². The summed E-state index contributed by atoms with van der Waals surface area (Å²) in [5, 5.41) is 5.83. The molecule has 0 atom stereocenters. The van der Waals surface area contributed by atoms with Crippen LogP contribution in [0.15, 0.2) is 170 Å². The summed E-state index contributed by atoms with van der Waals surface area (Å²) in [6.45, 7) is 17.6. The lowest BCUT2D eigenvalue weighted by atomic mass is 9.92. The van der Waals surface area contributed by atoms with Crippen LogP contribution in [0.3, 0.4) is 0 Å². The molecular weight excluding hydrogens is 553 g/mol. The van der Waals surface area contributed by atoms with E-state index < -0.39 is 0 Å². The zero-order valence-corrected chi connectivity index (χ0v) is 26.0. The second kappa shape index (κ2) is 13.8. The molecule has 0 radical (unpaired) electrons. The zero-order valence-electron chi connectivity index (χ0n) is 26.0. The molecule has 0 saturated heterocycles. The van der Waals surface area contributed by atoms with E-state index in [1.54, 1.807) is 0 Å². The summed E-state index contributed by atoms with van der Waals surface area (Å²) in [5.41, 5.74) is 8.97. The Morgan fingerprint density at radius 1 is 0.261 bits per heavy atom. The van der Waals surface area contributed by atoms with Crippen LogP contribution in [0.25, 0.3) is 81.6 Å². The average Bonchev–Trinajstić information content (AvgIpc) is 3.09. The third-order valence-electron chi connectivity index (χ3n) is 8.22. The summed E-state index contributed by atoms with van der Waals surface area (Å²) in [5.74, 6) is 0. The highest BCUT2D eigenvalue weighted by molar-refractivity contribution is 6.03. The van der Waals surface area contributed by atoms with Crippen LogP contribution < -0.4 is 20.9 Å². The van der Waals surface area contributed by atoms with Crippen LogP contribution >= 0.6 is 0 Å². The molecule has 220 valence electrons. The number of fused-ring (bicyclic) bond motifs is 1. The third kappa shape index (κ3) is 6.58. The lowest BCUT2D eigenvalue weighted by Gasteiger charge is -2.11. The highest BCUT2D eigenvalue weighted by Crippen LogP contribution is 2.31. The van der Waals surface area contributed by atoms with Gasteiger partial charge in [0.2, 0.25) is 0 Å². The predicted octanol–water partition coefficient (Wildman–Crippen LogP) is 9.40. The van der Waals surface area contributed by atoms with Gasteiger partial charge in [0.05, 0.1) is 0 Å². The fourth-order valence-corrected chi connectivity index (χ4v) is 5.86. The van der Waals surface area contributed by atoms with Gasteiger partial charge in [0, 0.05) is 0 Å². The molecule has 0 aliphatic heterocycles. The Balaban J connectivity index is 1.56. The maximum absolute atomic E-state index is 4.53. The van der Waals surface area contributed by atoms with Gasteiger partial charge in [0.25, 0.3) is 0 Å². The Hall–Kier alpha value is -5.98. The maximum atomic E-state index is 4.53. The van der Waals surface area contributed by atoms with E-state index in [1.165, 1.54) is 22.3 Å². The molecule has 0 bridgehead atoms. The molecule has 0 heterocycles. The third-order valence-corrected chi connectivity index (χ3v) is 8.22. The van der Waals surface area contributed by atoms with Gasteiger partial charge in [-0.3, -0.25) is 0 Å². The van der Waals surface area contributed by atoms with Crippen molar-refractivity contribution >= 4 is 37.1 Å². The number of hydrogen-bond donors (Lipinski definition) is 0. The second-order valence-electron chi connectivity index (χ2n) is 11.3. The number of rotatable bonds is 4. The van der Waals surface area contributed by atoms with Crippen molar-refractivity contribution in [1.29, 1.82) is 0 Å². The van der Waals surface area contributed by atoms with Crippen molar-refractivity contribution in [3.8, 4) is 44.5 Å². The van der Waals surface area contributed by atoms with Gasteiger partial charge in [-0.15, -0.1) is 0 Å². The molecule has 6 aromatic carbocycles. The predicted molar refractivity (Wildman–Crippen MR) is 202 cm³/mol. The maximum Gasteiger partial charge on any atom is -0.00328 e. The molecule has 0 fully saturated rings. The fourth-order valence-electron chi connectivity index (χ4n) is 5.86. The van der Waals surface area contributed by atoms with Gasteiger partial charge < -0.3 is 0 Å². The largest absolute Gasteiger partial charge is 0.0918 e. The van der Waals surface area contributed by atoms with Crippen LogP contribution in [0.2, 0.25) is 0 Å². The van der Waals surface area contributed by atoms with E-state index in [0.717, 1.165) is 53.9 Å². The molecule has 0 saturated carbocycles. The van der Waals surface area contributed by atoms with Gasteiger partial charge >= 0.3 is 0 Å². The van der Waals surface area contributed by atoms with Crippen LogP contribution in [0.4, 0.5) is 0 Å². The SMILES string of the molecule is C=c1ccccc(=C)c(-c2c(=C)ccccc(=C)c(-c3ccc(-c4ccc(-c5ccccc5)cc4)cc3)c3ccccc23)ccc1. The molecule has 46 heavy (non-hydrogen) atoms. The Morgan fingerprint density at radius 3 is 1.24 bits per heavy atom.